The summed E-state index contributed by atoms with van der Waals surface area (Å²) in [5, 5.41) is 14.6. The molecule has 6 heteroatoms. The fourth-order valence-corrected chi connectivity index (χ4v) is 1.63. The van der Waals surface area contributed by atoms with Gasteiger partial charge in [0.1, 0.15) is 23.2 Å². The molecule has 0 atom stereocenters. The van der Waals surface area contributed by atoms with Gasteiger partial charge in [-0.3, -0.25) is 10.8 Å². The second-order valence-electron chi connectivity index (χ2n) is 4.28. The molecule has 0 aliphatic heterocycles. The number of nitrogens with two attached hydrogens (primary N) is 2. The van der Waals surface area contributed by atoms with E-state index in [0.29, 0.717) is 22.6 Å². The number of hydrogen-bond acceptors (Lipinski definition) is 4. The third kappa shape index (κ3) is 4.52. The Kier molecular flexibility index (Phi) is 5.95. The van der Waals surface area contributed by atoms with Crippen molar-refractivity contribution in [1.82, 2.24) is 0 Å². The molecule has 0 radical (unpaired) electrons. The highest BCUT2D eigenvalue weighted by Gasteiger charge is 2.00. The van der Waals surface area contributed by atoms with E-state index in [9.17, 15) is 0 Å². The van der Waals surface area contributed by atoms with E-state index in [2.05, 4.69) is 0 Å². The zero-order valence-corrected chi connectivity index (χ0v) is 11.3. The monoisotopic (exact) mass is 300 g/mol. The highest BCUT2D eigenvalue weighted by atomic mass is 16.7. The molecule has 6 N–H and O–H groups in total. The normalized spacial score (nSPS) is 9.45. The second-order valence-corrected chi connectivity index (χ2v) is 4.28. The van der Waals surface area contributed by atoms with E-state index in [1.165, 1.54) is 0 Å². The summed E-state index contributed by atoms with van der Waals surface area (Å²) in [6.07, 6.45) is 0. The van der Waals surface area contributed by atoms with E-state index in [-0.39, 0.29) is 25.9 Å². The second kappa shape index (κ2) is 7.68. The van der Waals surface area contributed by atoms with Crippen LogP contribution in [0.1, 0.15) is 18.6 Å². The van der Waals surface area contributed by atoms with Crippen LogP contribution in [0.2, 0.25) is 0 Å². The van der Waals surface area contributed by atoms with Crippen molar-refractivity contribution in [3.63, 3.8) is 0 Å². The Balaban J connectivity index is 0.00000242. The van der Waals surface area contributed by atoms with Crippen LogP contribution in [0, 0.1) is 10.8 Å². The third-order valence-corrected chi connectivity index (χ3v) is 2.78. The Morgan fingerprint density at radius 1 is 0.727 bits per heavy atom. The van der Waals surface area contributed by atoms with Crippen LogP contribution < -0.4 is 20.9 Å². The first-order valence-electron chi connectivity index (χ1n) is 6.21. The Labute approximate surface area is 129 Å². The lowest BCUT2D eigenvalue weighted by Crippen LogP contribution is -2.11. The highest BCUT2D eigenvalue weighted by Crippen LogP contribution is 2.14. The van der Waals surface area contributed by atoms with Gasteiger partial charge in [-0.25, -0.2) is 0 Å². The molecule has 0 aliphatic carbocycles. The maximum absolute atomic E-state index is 7.29. The summed E-state index contributed by atoms with van der Waals surface area (Å²) in [5.74, 6) is 1.28. The summed E-state index contributed by atoms with van der Waals surface area (Å²) in [6.45, 7) is 0.0544. The van der Waals surface area contributed by atoms with Gasteiger partial charge in [-0.05, 0) is 48.5 Å². The molecular formula is C16H20N4O2. The molecule has 2 aromatic carbocycles. The molecule has 0 fully saturated rings. The average molecular weight is 300 g/mol. The zero-order chi connectivity index (χ0) is 15.2. The van der Waals surface area contributed by atoms with Crippen molar-refractivity contribution in [1.29, 1.82) is 10.8 Å². The first kappa shape index (κ1) is 17.0. The maximum atomic E-state index is 7.29. The van der Waals surface area contributed by atoms with Crippen molar-refractivity contribution in [3.8, 4) is 11.5 Å². The van der Waals surface area contributed by atoms with Crippen LogP contribution in [0.3, 0.4) is 0 Å². The summed E-state index contributed by atoms with van der Waals surface area (Å²) in [6, 6.07) is 13.7. The van der Waals surface area contributed by atoms with Crippen molar-refractivity contribution in [2.24, 2.45) is 11.5 Å². The molecule has 116 valence electrons. The van der Waals surface area contributed by atoms with Crippen molar-refractivity contribution in [3.05, 3.63) is 59.7 Å². The van der Waals surface area contributed by atoms with Gasteiger partial charge in [0.2, 0.25) is 6.79 Å². The van der Waals surface area contributed by atoms with Gasteiger partial charge >= 0.3 is 0 Å². The molecule has 0 aromatic heterocycles. The van der Waals surface area contributed by atoms with Gasteiger partial charge < -0.3 is 20.9 Å². The largest absolute Gasteiger partial charge is 0.458 e. The van der Waals surface area contributed by atoms with E-state index in [1.807, 2.05) is 0 Å². The zero-order valence-electron chi connectivity index (χ0n) is 11.3. The topological polar surface area (TPSA) is 118 Å². The predicted octanol–water partition coefficient (Wildman–Crippen LogP) is 2.31. The third-order valence-electron chi connectivity index (χ3n) is 2.78. The SMILES string of the molecule is C.N=C(N)c1ccc(OCOc2ccc(C(=N)N)cc2)cc1. The van der Waals surface area contributed by atoms with Gasteiger partial charge in [0, 0.05) is 11.1 Å². The average Bonchev–Trinajstić information content (AvgIpc) is 2.48. The molecule has 0 bridgehead atoms. The summed E-state index contributed by atoms with van der Waals surface area (Å²) in [4.78, 5) is 0. The fraction of sp³-hybridized carbons (Fsp3) is 0.125. The van der Waals surface area contributed by atoms with Gasteiger partial charge in [0.25, 0.3) is 0 Å². The molecule has 0 spiro atoms. The maximum Gasteiger partial charge on any atom is 0.230 e. The minimum atomic E-state index is 0. The van der Waals surface area contributed by atoms with Crippen molar-refractivity contribution >= 4 is 11.7 Å². The minimum Gasteiger partial charge on any atom is -0.458 e. The lowest BCUT2D eigenvalue weighted by molar-refractivity contribution is 0.120. The standard InChI is InChI=1S/C15H16N4O2.CH4/c16-14(17)10-1-5-12(6-2-10)20-9-21-13-7-3-11(4-8-13)15(18)19;/h1-8H,9H2,(H3,16,17)(H3,18,19);1H4. The predicted molar refractivity (Wildman–Crippen MR) is 87.8 cm³/mol. The number of nitrogen functional groups attached to an aromatic ring is 2. The van der Waals surface area contributed by atoms with E-state index >= 15 is 0 Å². The molecule has 6 nitrogen and oxygen atoms in total. The van der Waals surface area contributed by atoms with Gasteiger partial charge in [0.15, 0.2) is 0 Å². The van der Waals surface area contributed by atoms with Crippen LogP contribution in [-0.2, 0) is 0 Å². The van der Waals surface area contributed by atoms with E-state index in [0.717, 1.165) is 0 Å². The number of ether oxygens (including phenoxy) is 2. The Morgan fingerprint density at radius 3 is 1.32 bits per heavy atom. The van der Waals surface area contributed by atoms with Gasteiger partial charge in [-0.2, -0.15) is 0 Å². The van der Waals surface area contributed by atoms with Crippen LogP contribution >= 0.6 is 0 Å². The van der Waals surface area contributed by atoms with Crippen LogP contribution in [-0.4, -0.2) is 18.5 Å². The first-order chi connectivity index (χ1) is 10.1. The van der Waals surface area contributed by atoms with Gasteiger partial charge in [-0.1, -0.05) is 7.43 Å². The number of amidine groups is 2. The lowest BCUT2D eigenvalue weighted by atomic mass is 10.2. The molecular weight excluding hydrogens is 280 g/mol. The van der Waals surface area contributed by atoms with Crippen LogP contribution in [0.25, 0.3) is 0 Å². The molecule has 0 aliphatic rings. The van der Waals surface area contributed by atoms with E-state index in [4.69, 9.17) is 31.8 Å². The minimum absolute atomic E-state index is 0. The molecule has 0 amide bonds. The van der Waals surface area contributed by atoms with E-state index < -0.39 is 0 Å². The number of hydrogen-bond donors (Lipinski definition) is 4. The Bertz CT molecular complexity index is 579. The number of rotatable bonds is 6. The summed E-state index contributed by atoms with van der Waals surface area (Å²) < 4.78 is 10.8. The molecule has 0 unspecified atom stereocenters. The smallest absolute Gasteiger partial charge is 0.230 e. The van der Waals surface area contributed by atoms with Crippen LogP contribution in [0.15, 0.2) is 48.5 Å². The first-order valence-corrected chi connectivity index (χ1v) is 6.21. The van der Waals surface area contributed by atoms with Crippen LogP contribution in [0.4, 0.5) is 0 Å². The molecule has 0 saturated carbocycles. The molecule has 0 heterocycles. The van der Waals surface area contributed by atoms with E-state index in [1.54, 1.807) is 48.5 Å². The molecule has 2 aromatic rings. The molecule has 2 rings (SSSR count). The summed E-state index contributed by atoms with van der Waals surface area (Å²) in [5.41, 5.74) is 12.0. The van der Waals surface area contributed by atoms with Gasteiger partial charge in [-0.15, -0.1) is 0 Å². The summed E-state index contributed by atoms with van der Waals surface area (Å²) in [7, 11) is 0. The molecule has 0 saturated heterocycles. The fourth-order valence-electron chi connectivity index (χ4n) is 1.63. The lowest BCUT2D eigenvalue weighted by Gasteiger charge is -2.09. The quantitative estimate of drug-likeness (QED) is 0.372. The van der Waals surface area contributed by atoms with Crippen LogP contribution in [0.5, 0.6) is 11.5 Å². The number of benzene rings is 2. The highest BCUT2D eigenvalue weighted by molar-refractivity contribution is 5.95. The summed E-state index contributed by atoms with van der Waals surface area (Å²) >= 11 is 0. The number of nitrogens with one attached hydrogen (secondary N) is 2. The van der Waals surface area contributed by atoms with Gasteiger partial charge in [0.05, 0.1) is 0 Å². The van der Waals surface area contributed by atoms with Crippen molar-refractivity contribution < 1.29 is 9.47 Å². The Hall–Kier alpha value is -3.02. The van der Waals surface area contributed by atoms with Crippen molar-refractivity contribution in [2.75, 3.05) is 6.79 Å². The van der Waals surface area contributed by atoms with Crippen molar-refractivity contribution in [2.45, 2.75) is 7.43 Å². The Morgan fingerprint density at radius 2 is 1.05 bits per heavy atom. The molecule has 22 heavy (non-hydrogen) atoms.